The number of benzene rings is 2. The summed E-state index contributed by atoms with van der Waals surface area (Å²) in [6.45, 7) is 2.06. The number of para-hydroxylation sites is 1. The standard InChI is InChI=1S/C18H20N2O2S/c1-13-17(16-9-5-6-10-18(16)20-13)11-15(12-19)23(21,22)14-7-3-2-4-8-14/h2-10,15,20H,11-12,19H2,1H3. The van der Waals surface area contributed by atoms with E-state index in [2.05, 4.69) is 4.98 Å². The van der Waals surface area contributed by atoms with Crippen LogP contribution in [0.1, 0.15) is 11.3 Å². The van der Waals surface area contributed by atoms with Crippen LogP contribution in [0.5, 0.6) is 0 Å². The van der Waals surface area contributed by atoms with Crippen molar-refractivity contribution in [1.82, 2.24) is 4.98 Å². The van der Waals surface area contributed by atoms with Crippen LogP contribution in [0.4, 0.5) is 0 Å². The normalized spacial score (nSPS) is 13.3. The first-order chi connectivity index (χ1) is 11.0. The van der Waals surface area contributed by atoms with Crippen molar-refractivity contribution in [3.8, 4) is 0 Å². The second kappa shape index (κ2) is 6.18. The van der Waals surface area contributed by atoms with E-state index in [4.69, 9.17) is 5.73 Å². The predicted molar refractivity (Wildman–Crippen MR) is 93.2 cm³/mol. The second-order valence-electron chi connectivity index (χ2n) is 5.69. The van der Waals surface area contributed by atoms with Crippen molar-refractivity contribution in [3.63, 3.8) is 0 Å². The second-order valence-corrected chi connectivity index (χ2v) is 7.92. The summed E-state index contributed by atoms with van der Waals surface area (Å²) in [5.74, 6) is 0. The van der Waals surface area contributed by atoms with Crippen molar-refractivity contribution in [3.05, 3.63) is 65.9 Å². The Morgan fingerprint density at radius 2 is 1.70 bits per heavy atom. The number of aromatic nitrogens is 1. The fourth-order valence-corrected chi connectivity index (χ4v) is 4.51. The number of sulfone groups is 1. The van der Waals surface area contributed by atoms with E-state index in [-0.39, 0.29) is 6.54 Å². The topological polar surface area (TPSA) is 76.0 Å². The van der Waals surface area contributed by atoms with Gasteiger partial charge in [0, 0.05) is 23.1 Å². The van der Waals surface area contributed by atoms with E-state index >= 15 is 0 Å². The average molecular weight is 328 g/mol. The van der Waals surface area contributed by atoms with Crippen LogP contribution in [0.15, 0.2) is 59.5 Å². The first kappa shape index (κ1) is 15.8. The highest BCUT2D eigenvalue weighted by Crippen LogP contribution is 2.26. The lowest BCUT2D eigenvalue weighted by Gasteiger charge is -2.16. The molecule has 1 unspecified atom stereocenters. The fraction of sp³-hybridized carbons (Fsp3) is 0.222. The van der Waals surface area contributed by atoms with Gasteiger partial charge < -0.3 is 10.7 Å². The van der Waals surface area contributed by atoms with Gasteiger partial charge in [0.05, 0.1) is 10.1 Å². The summed E-state index contributed by atoms with van der Waals surface area (Å²) in [7, 11) is -3.45. The van der Waals surface area contributed by atoms with Gasteiger partial charge in [-0.15, -0.1) is 0 Å². The van der Waals surface area contributed by atoms with Gasteiger partial charge in [0.1, 0.15) is 0 Å². The SMILES string of the molecule is Cc1[nH]c2ccccc2c1CC(CN)S(=O)(=O)c1ccccc1. The molecule has 3 aromatic rings. The molecule has 0 fully saturated rings. The largest absolute Gasteiger partial charge is 0.358 e. The molecule has 0 aliphatic carbocycles. The van der Waals surface area contributed by atoms with Crippen molar-refractivity contribution in [1.29, 1.82) is 0 Å². The number of hydrogen-bond acceptors (Lipinski definition) is 3. The lowest BCUT2D eigenvalue weighted by molar-refractivity contribution is 0.578. The van der Waals surface area contributed by atoms with Crippen molar-refractivity contribution < 1.29 is 8.42 Å². The van der Waals surface area contributed by atoms with Gasteiger partial charge in [0.25, 0.3) is 0 Å². The van der Waals surface area contributed by atoms with Gasteiger partial charge in [-0.1, -0.05) is 36.4 Å². The molecule has 0 saturated heterocycles. The number of rotatable bonds is 5. The van der Waals surface area contributed by atoms with Crippen LogP contribution in [0, 0.1) is 6.92 Å². The Bertz CT molecular complexity index is 915. The molecule has 5 heteroatoms. The van der Waals surface area contributed by atoms with Crippen molar-refractivity contribution in [2.75, 3.05) is 6.54 Å². The molecular formula is C18H20N2O2S. The summed E-state index contributed by atoms with van der Waals surface area (Å²) in [6, 6.07) is 16.5. The van der Waals surface area contributed by atoms with Crippen molar-refractivity contribution >= 4 is 20.7 Å². The van der Waals surface area contributed by atoms with Gasteiger partial charge in [0.15, 0.2) is 9.84 Å². The molecule has 0 radical (unpaired) electrons. The maximum Gasteiger partial charge on any atom is 0.182 e. The summed E-state index contributed by atoms with van der Waals surface area (Å²) in [6.07, 6.45) is 0.406. The highest BCUT2D eigenvalue weighted by molar-refractivity contribution is 7.92. The lowest BCUT2D eigenvalue weighted by atomic mass is 10.1. The zero-order valence-corrected chi connectivity index (χ0v) is 13.8. The molecule has 4 nitrogen and oxygen atoms in total. The first-order valence-corrected chi connectivity index (χ1v) is 9.14. The highest BCUT2D eigenvalue weighted by Gasteiger charge is 2.27. The molecule has 0 bridgehead atoms. The summed E-state index contributed by atoms with van der Waals surface area (Å²) in [4.78, 5) is 3.64. The van der Waals surface area contributed by atoms with Crippen LogP contribution in [0.3, 0.4) is 0 Å². The Morgan fingerprint density at radius 3 is 2.39 bits per heavy atom. The van der Waals surface area contributed by atoms with Gasteiger partial charge in [0.2, 0.25) is 0 Å². The van der Waals surface area contributed by atoms with E-state index in [1.54, 1.807) is 30.3 Å². The molecule has 120 valence electrons. The number of nitrogens with two attached hydrogens (primary N) is 1. The third kappa shape index (κ3) is 2.90. The van der Waals surface area contributed by atoms with Crippen LogP contribution in [-0.2, 0) is 16.3 Å². The maximum atomic E-state index is 12.8. The Hall–Kier alpha value is -2.11. The zero-order valence-electron chi connectivity index (χ0n) is 13.0. The molecule has 3 rings (SSSR count). The van der Waals surface area contributed by atoms with Crippen LogP contribution < -0.4 is 5.73 Å². The highest BCUT2D eigenvalue weighted by atomic mass is 32.2. The molecule has 3 N–H and O–H groups in total. The predicted octanol–water partition coefficient (Wildman–Crippen LogP) is 2.82. The third-order valence-corrected chi connectivity index (χ3v) is 6.40. The molecule has 0 amide bonds. The molecule has 1 heterocycles. The molecule has 0 saturated carbocycles. The Labute approximate surface area is 136 Å². The molecule has 23 heavy (non-hydrogen) atoms. The quantitative estimate of drug-likeness (QED) is 0.756. The smallest absolute Gasteiger partial charge is 0.182 e. The summed E-state index contributed by atoms with van der Waals surface area (Å²) in [5, 5.41) is 0.425. The van der Waals surface area contributed by atoms with E-state index < -0.39 is 15.1 Å². The number of aryl methyl sites for hydroxylation is 1. The summed E-state index contributed by atoms with van der Waals surface area (Å²) < 4.78 is 25.7. The lowest BCUT2D eigenvalue weighted by Crippen LogP contribution is -2.32. The average Bonchev–Trinajstić information content (AvgIpc) is 2.88. The zero-order chi connectivity index (χ0) is 16.4. The number of nitrogens with one attached hydrogen (secondary N) is 1. The Kier molecular flexibility index (Phi) is 4.24. The Morgan fingerprint density at radius 1 is 1.04 bits per heavy atom. The molecule has 1 aromatic heterocycles. The molecule has 0 aliphatic heterocycles. The summed E-state index contributed by atoms with van der Waals surface area (Å²) in [5.41, 5.74) is 8.86. The van der Waals surface area contributed by atoms with E-state index in [0.717, 1.165) is 22.2 Å². The third-order valence-electron chi connectivity index (χ3n) is 4.23. The van der Waals surface area contributed by atoms with Gasteiger partial charge in [-0.3, -0.25) is 0 Å². The van der Waals surface area contributed by atoms with E-state index in [1.165, 1.54) is 0 Å². The summed E-state index contributed by atoms with van der Waals surface area (Å²) >= 11 is 0. The molecule has 0 aliphatic rings. The number of hydrogen-bond donors (Lipinski definition) is 2. The minimum Gasteiger partial charge on any atom is -0.358 e. The van der Waals surface area contributed by atoms with Crippen LogP contribution in [0.2, 0.25) is 0 Å². The molecule has 2 aromatic carbocycles. The fourth-order valence-electron chi connectivity index (χ4n) is 2.95. The van der Waals surface area contributed by atoms with E-state index in [1.807, 2.05) is 31.2 Å². The van der Waals surface area contributed by atoms with Crippen molar-refractivity contribution in [2.45, 2.75) is 23.5 Å². The van der Waals surface area contributed by atoms with Crippen molar-refractivity contribution in [2.24, 2.45) is 5.73 Å². The number of aromatic amines is 1. The van der Waals surface area contributed by atoms with Gasteiger partial charge in [-0.05, 0) is 37.1 Å². The maximum absolute atomic E-state index is 12.8. The minimum atomic E-state index is -3.45. The van der Waals surface area contributed by atoms with Crippen LogP contribution in [-0.4, -0.2) is 25.2 Å². The van der Waals surface area contributed by atoms with Gasteiger partial charge in [-0.25, -0.2) is 8.42 Å². The number of H-pyrrole nitrogens is 1. The van der Waals surface area contributed by atoms with E-state index in [9.17, 15) is 8.42 Å². The van der Waals surface area contributed by atoms with Crippen LogP contribution >= 0.6 is 0 Å². The Balaban J connectivity index is 2.01. The molecule has 0 spiro atoms. The molecule has 1 atom stereocenters. The monoisotopic (exact) mass is 328 g/mol. The number of fused-ring (bicyclic) bond motifs is 1. The first-order valence-electron chi connectivity index (χ1n) is 7.59. The van der Waals surface area contributed by atoms with Crippen LogP contribution in [0.25, 0.3) is 10.9 Å². The molecular weight excluding hydrogens is 308 g/mol. The minimum absolute atomic E-state index is 0.0934. The van der Waals surface area contributed by atoms with Gasteiger partial charge >= 0.3 is 0 Å². The van der Waals surface area contributed by atoms with Gasteiger partial charge in [-0.2, -0.15) is 0 Å². The van der Waals surface area contributed by atoms with E-state index in [0.29, 0.717) is 11.3 Å².